The lowest BCUT2D eigenvalue weighted by Gasteiger charge is -2.26. The molecular weight excluding hydrogens is 378 g/mol. The highest BCUT2D eigenvalue weighted by molar-refractivity contribution is 6.01. The van der Waals surface area contributed by atoms with E-state index in [0.717, 1.165) is 19.4 Å². The Bertz CT molecular complexity index is 837. The zero-order valence-corrected chi connectivity index (χ0v) is 16.7. The number of methoxy groups -OCH3 is 3. The quantitative estimate of drug-likeness (QED) is 0.744. The number of amides is 3. The number of carbonyl (C=O) groups excluding carboxylic acids is 2. The number of rotatable bonds is 6. The maximum absolute atomic E-state index is 13.2. The van der Waals surface area contributed by atoms with Crippen LogP contribution in [0.2, 0.25) is 0 Å². The van der Waals surface area contributed by atoms with Crippen molar-refractivity contribution >= 4 is 11.9 Å². The van der Waals surface area contributed by atoms with Crippen LogP contribution in [0.1, 0.15) is 24.4 Å². The molecule has 3 amide bonds. The van der Waals surface area contributed by atoms with Crippen molar-refractivity contribution in [1.29, 1.82) is 0 Å². The van der Waals surface area contributed by atoms with Gasteiger partial charge in [-0.2, -0.15) is 0 Å². The second-order valence-electron chi connectivity index (χ2n) is 7.20. The number of nitrogens with zero attached hydrogens (tertiary/aromatic N) is 1. The molecule has 1 saturated heterocycles. The van der Waals surface area contributed by atoms with Gasteiger partial charge in [0.05, 0.1) is 51.3 Å². The standard InChI is InChI=1S/C20H25N3O6/c1-26-14-7-11(8-15(27-2)18(14)28-3)17-16-13(21-20(25)22-17)10-23(19(16)24)9-12-5-4-6-29-12/h7-8,12,17H,4-6,9-10H2,1-3H3,(H2,21,22,25)/t12-,17+/m0/s1. The largest absolute Gasteiger partial charge is 0.493 e. The van der Waals surface area contributed by atoms with E-state index in [4.69, 9.17) is 18.9 Å². The summed E-state index contributed by atoms with van der Waals surface area (Å²) in [6.07, 6.45) is 1.99. The molecule has 2 N–H and O–H groups in total. The maximum Gasteiger partial charge on any atom is 0.319 e. The molecule has 0 aliphatic carbocycles. The van der Waals surface area contributed by atoms with Crippen molar-refractivity contribution in [2.75, 3.05) is 41.0 Å². The Balaban J connectivity index is 1.67. The third kappa shape index (κ3) is 3.46. The Kier molecular flexibility index (Phi) is 5.23. The van der Waals surface area contributed by atoms with E-state index in [1.54, 1.807) is 17.0 Å². The average molecular weight is 403 g/mol. The lowest BCUT2D eigenvalue weighted by Crippen LogP contribution is -2.44. The summed E-state index contributed by atoms with van der Waals surface area (Å²) in [5, 5.41) is 5.63. The molecule has 1 aromatic carbocycles. The number of urea groups is 1. The SMILES string of the molecule is COc1cc([C@H]2NC(=O)NC3=C2C(=O)N(C[C@@H]2CCCO2)C3)cc(OC)c1OC. The van der Waals surface area contributed by atoms with Crippen LogP contribution in [0.3, 0.4) is 0 Å². The van der Waals surface area contributed by atoms with E-state index in [2.05, 4.69) is 10.6 Å². The van der Waals surface area contributed by atoms with E-state index in [-0.39, 0.29) is 18.0 Å². The summed E-state index contributed by atoms with van der Waals surface area (Å²) in [6, 6.07) is 2.53. The van der Waals surface area contributed by atoms with Gasteiger partial charge in [-0.1, -0.05) is 0 Å². The van der Waals surface area contributed by atoms with E-state index < -0.39 is 6.04 Å². The van der Waals surface area contributed by atoms with Gasteiger partial charge in [0.25, 0.3) is 5.91 Å². The Labute approximate surface area is 168 Å². The number of hydrogen-bond acceptors (Lipinski definition) is 6. The van der Waals surface area contributed by atoms with Crippen molar-refractivity contribution in [2.24, 2.45) is 0 Å². The van der Waals surface area contributed by atoms with Crippen LogP contribution in [0.25, 0.3) is 0 Å². The van der Waals surface area contributed by atoms with Crippen LogP contribution >= 0.6 is 0 Å². The van der Waals surface area contributed by atoms with Crippen LogP contribution < -0.4 is 24.8 Å². The highest BCUT2D eigenvalue weighted by Crippen LogP contribution is 2.42. The summed E-state index contributed by atoms with van der Waals surface area (Å²) in [4.78, 5) is 27.2. The summed E-state index contributed by atoms with van der Waals surface area (Å²) >= 11 is 0. The van der Waals surface area contributed by atoms with Gasteiger partial charge in [0, 0.05) is 13.2 Å². The molecule has 29 heavy (non-hydrogen) atoms. The second kappa shape index (κ2) is 7.82. The minimum atomic E-state index is -0.616. The zero-order valence-electron chi connectivity index (χ0n) is 16.7. The number of carbonyl (C=O) groups is 2. The van der Waals surface area contributed by atoms with Crippen molar-refractivity contribution in [1.82, 2.24) is 15.5 Å². The fourth-order valence-corrected chi connectivity index (χ4v) is 4.13. The Morgan fingerprint density at radius 1 is 1.14 bits per heavy atom. The molecule has 1 fully saturated rings. The molecule has 0 bridgehead atoms. The molecule has 0 saturated carbocycles. The molecule has 9 heteroatoms. The molecule has 0 spiro atoms. The summed E-state index contributed by atoms with van der Waals surface area (Å²) in [5.41, 5.74) is 1.82. The van der Waals surface area contributed by atoms with Crippen LogP contribution in [0.5, 0.6) is 17.2 Å². The molecule has 3 heterocycles. The molecule has 1 aromatic rings. The summed E-state index contributed by atoms with van der Waals surface area (Å²) in [6.45, 7) is 1.61. The molecule has 0 aromatic heterocycles. The lowest BCUT2D eigenvalue weighted by molar-refractivity contribution is -0.127. The van der Waals surface area contributed by atoms with Crippen LogP contribution in [-0.2, 0) is 9.53 Å². The highest BCUT2D eigenvalue weighted by Gasteiger charge is 2.41. The first kappa shape index (κ1) is 19.4. The zero-order chi connectivity index (χ0) is 20.5. The first-order valence-electron chi connectivity index (χ1n) is 9.57. The lowest BCUT2D eigenvalue weighted by atomic mass is 9.95. The minimum Gasteiger partial charge on any atom is -0.493 e. The normalized spacial score (nSPS) is 23.6. The summed E-state index contributed by atoms with van der Waals surface area (Å²) in [7, 11) is 4.57. The number of nitrogens with one attached hydrogen (secondary N) is 2. The van der Waals surface area contributed by atoms with Crippen LogP contribution in [0.15, 0.2) is 23.4 Å². The molecule has 4 rings (SSSR count). The third-order valence-corrected chi connectivity index (χ3v) is 5.49. The molecular formula is C20H25N3O6. The fraction of sp³-hybridized carbons (Fsp3) is 0.500. The molecule has 3 aliphatic heterocycles. The topological polar surface area (TPSA) is 98.4 Å². The second-order valence-corrected chi connectivity index (χ2v) is 7.20. The number of hydrogen-bond donors (Lipinski definition) is 2. The van der Waals surface area contributed by atoms with Gasteiger partial charge in [-0.25, -0.2) is 4.79 Å². The summed E-state index contributed by atoms with van der Waals surface area (Å²) < 4.78 is 21.9. The Morgan fingerprint density at radius 3 is 2.45 bits per heavy atom. The predicted octanol–water partition coefficient (Wildman–Crippen LogP) is 1.34. The van der Waals surface area contributed by atoms with E-state index in [1.807, 2.05) is 0 Å². The molecule has 0 unspecified atom stereocenters. The van der Waals surface area contributed by atoms with Crippen LogP contribution in [0, 0.1) is 0 Å². The fourth-order valence-electron chi connectivity index (χ4n) is 4.13. The first-order chi connectivity index (χ1) is 14.0. The predicted molar refractivity (Wildman–Crippen MR) is 103 cm³/mol. The van der Waals surface area contributed by atoms with E-state index in [9.17, 15) is 9.59 Å². The van der Waals surface area contributed by atoms with E-state index >= 15 is 0 Å². The van der Waals surface area contributed by atoms with Gasteiger partial charge in [0.15, 0.2) is 11.5 Å². The van der Waals surface area contributed by atoms with Gasteiger partial charge in [-0.05, 0) is 30.5 Å². The third-order valence-electron chi connectivity index (χ3n) is 5.49. The Morgan fingerprint density at radius 2 is 1.86 bits per heavy atom. The van der Waals surface area contributed by atoms with Crippen molar-refractivity contribution in [3.05, 3.63) is 29.0 Å². The Hall–Kier alpha value is -2.94. The monoisotopic (exact) mass is 403 g/mol. The van der Waals surface area contributed by atoms with Crippen molar-refractivity contribution in [3.8, 4) is 17.2 Å². The molecule has 0 radical (unpaired) electrons. The van der Waals surface area contributed by atoms with Crippen molar-refractivity contribution in [2.45, 2.75) is 25.0 Å². The molecule has 3 aliphatic rings. The van der Waals surface area contributed by atoms with Gasteiger partial charge in [-0.15, -0.1) is 0 Å². The smallest absolute Gasteiger partial charge is 0.319 e. The molecule has 156 valence electrons. The average Bonchev–Trinajstić information content (AvgIpc) is 3.34. The minimum absolute atomic E-state index is 0.0450. The van der Waals surface area contributed by atoms with E-state index in [1.165, 1.54) is 21.3 Å². The van der Waals surface area contributed by atoms with Crippen molar-refractivity contribution in [3.63, 3.8) is 0 Å². The van der Waals surface area contributed by atoms with Gasteiger partial charge >= 0.3 is 6.03 Å². The van der Waals surface area contributed by atoms with Gasteiger partial charge in [0.1, 0.15) is 0 Å². The molecule has 2 atom stereocenters. The summed E-state index contributed by atoms with van der Waals surface area (Å²) in [5.74, 6) is 1.25. The van der Waals surface area contributed by atoms with E-state index in [0.29, 0.717) is 47.2 Å². The highest BCUT2D eigenvalue weighted by atomic mass is 16.5. The molecule has 9 nitrogen and oxygen atoms in total. The maximum atomic E-state index is 13.2. The number of ether oxygens (including phenoxy) is 4. The van der Waals surface area contributed by atoms with Crippen LogP contribution in [-0.4, -0.2) is 64.0 Å². The van der Waals surface area contributed by atoms with Gasteiger partial charge in [0.2, 0.25) is 5.75 Å². The van der Waals surface area contributed by atoms with Gasteiger partial charge < -0.3 is 34.5 Å². The number of benzene rings is 1. The van der Waals surface area contributed by atoms with Crippen molar-refractivity contribution < 1.29 is 28.5 Å². The first-order valence-corrected chi connectivity index (χ1v) is 9.57. The van der Waals surface area contributed by atoms with Crippen LogP contribution in [0.4, 0.5) is 4.79 Å². The van der Waals surface area contributed by atoms with Gasteiger partial charge in [-0.3, -0.25) is 4.79 Å².